The average Bonchev–Trinajstić information content (AvgIpc) is 2.54. The van der Waals surface area contributed by atoms with E-state index in [1.807, 2.05) is 0 Å². The lowest BCUT2D eigenvalue weighted by atomic mass is 10.4. The van der Waals surface area contributed by atoms with E-state index >= 15 is 0 Å². The number of ether oxygens (including phenoxy) is 3. The molecule has 0 spiro atoms. The van der Waals surface area contributed by atoms with Gasteiger partial charge in [0, 0.05) is 6.54 Å². The Bertz CT molecular complexity index is 523. The van der Waals surface area contributed by atoms with E-state index in [1.54, 1.807) is 13.8 Å². The molecule has 0 aliphatic rings. The summed E-state index contributed by atoms with van der Waals surface area (Å²) in [6.45, 7) is 3.60. The molecule has 0 saturated carbocycles. The Hall–Kier alpha value is -1.94. The van der Waals surface area contributed by atoms with Crippen LogP contribution in [0.3, 0.4) is 0 Å². The molecule has 1 rings (SSSR count). The molecule has 12 heteroatoms. The van der Waals surface area contributed by atoms with Gasteiger partial charge in [-0.05, 0) is 13.8 Å². The van der Waals surface area contributed by atoms with E-state index in [2.05, 4.69) is 24.8 Å². The Morgan fingerprint density at radius 2 is 2.17 bits per heavy atom. The minimum absolute atomic E-state index is 0.0498. The maximum absolute atomic E-state index is 10.9. The van der Waals surface area contributed by atoms with E-state index < -0.39 is 21.3 Å². The number of nitrogens with zero attached hydrogens (tertiary/aromatic N) is 2. The van der Waals surface area contributed by atoms with E-state index in [-0.39, 0.29) is 30.6 Å². The van der Waals surface area contributed by atoms with Crippen LogP contribution in [0.5, 0.6) is 0 Å². The summed E-state index contributed by atoms with van der Waals surface area (Å²) in [6.07, 6.45) is 0.115. The molecule has 0 aromatic carbocycles. The SMILES string of the molecule is CCOC(=O)OCOP(O)COC(C)CNc1ncnc(N)c1N. The normalized spacial score (nSPS) is 13.1. The number of hydrogen-bond acceptors (Lipinski definition) is 11. The van der Waals surface area contributed by atoms with Gasteiger partial charge >= 0.3 is 6.16 Å². The van der Waals surface area contributed by atoms with Gasteiger partial charge in [0.05, 0.1) is 12.7 Å². The van der Waals surface area contributed by atoms with Gasteiger partial charge in [-0.2, -0.15) is 0 Å². The first-order valence-electron chi connectivity index (χ1n) is 7.04. The maximum Gasteiger partial charge on any atom is 0.510 e. The number of anilines is 3. The highest BCUT2D eigenvalue weighted by atomic mass is 31.2. The molecule has 0 amide bonds. The van der Waals surface area contributed by atoms with Crippen molar-refractivity contribution in [3.8, 4) is 0 Å². The van der Waals surface area contributed by atoms with Gasteiger partial charge < -0.3 is 35.9 Å². The third-order valence-electron chi connectivity index (χ3n) is 2.58. The highest BCUT2D eigenvalue weighted by Crippen LogP contribution is 2.31. The van der Waals surface area contributed by atoms with Crippen molar-refractivity contribution in [1.82, 2.24) is 9.97 Å². The number of nitrogen functional groups attached to an aromatic ring is 2. The van der Waals surface area contributed by atoms with Gasteiger partial charge in [0.1, 0.15) is 18.4 Å². The van der Waals surface area contributed by atoms with E-state index in [4.69, 9.17) is 20.7 Å². The molecule has 1 heterocycles. The Labute approximate surface area is 140 Å². The van der Waals surface area contributed by atoms with Crippen LogP contribution in [0.4, 0.5) is 22.1 Å². The van der Waals surface area contributed by atoms with Crippen LogP contribution < -0.4 is 16.8 Å². The largest absolute Gasteiger partial charge is 0.510 e. The molecular formula is C12H22N5O6P. The summed E-state index contributed by atoms with van der Waals surface area (Å²) < 4.78 is 19.4. The van der Waals surface area contributed by atoms with Crippen LogP contribution in [-0.4, -0.2) is 53.4 Å². The zero-order chi connectivity index (χ0) is 17.9. The average molecular weight is 363 g/mol. The topological polar surface area (TPSA) is 164 Å². The lowest BCUT2D eigenvalue weighted by molar-refractivity contribution is 0.00406. The van der Waals surface area contributed by atoms with E-state index in [1.165, 1.54) is 6.33 Å². The molecule has 0 fully saturated rings. The van der Waals surface area contributed by atoms with Crippen LogP contribution in [0.1, 0.15) is 13.8 Å². The number of carbonyl (C=O) groups is 1. The summed E-state index contributed by atoms with van der Waals surface area (Å²) in [7, 11) is -1.88. The number of hydrogen-bond donors (Lipinski definition) is 4. The summed E-state index contributed by atoms with van der Waals surface area (Å²) in [4.78, 5) is 28.2. The van der Waals surface area contributed by atoms with Gasteiger partial charge in [-0.25, -0.2) is 14.8 Å². The van der Waals surface area contributed by atoms with Gasteiger partial charge in [0.15, 0.2) is 20.0 Å². The van der Waals surface area contributed by atoms with Crippen LogP contribution in [0.2, 0.25) is 0 Å². The van der Waals surface area contributed by atoms with E-state index in [9.17, 15) is 9.69 Å². The lowest BCUT2D eigenvalue weighted by Crippen LogP contribution is -2.21. The number of nitrogens with one attached hydrogen (secondary N) is 1. The first-order valence-corrected chi connectivity index (χ1v) is 8.44. The fourth-order valence-electron chi connectivity index (χ4n) is 1.37. The number of rotatable bonds is 10. The second kappa shape index (κ2) is 10.8. The third kappa shape index (κ3) is 7.55. The lowest BCUT2D eigenvalue weighted by Gasteiger charge is -2.17. The predicted octanol–water partition coefficient (Wildman–Crippen LogP) is 0.867. The minimum atomic E-state index is -1.88. The van der Waals surface area contributed by atoms with Crippen LogP contribution in [0, 0.1) is 0 Å². The zero-order valence-electron chi connectivity index (χ0n) is 13.5. The zero-order valence-corrected chi connectivity index (χ0v) is 14.4. The molecule has 2 unspecified atom stereocenters. The predicted molar refractivity (Wildman–Crippen MR) is 88.0 cm³/mol. The summed E-state index contributed by atoms with van der Waals surface area (Å²) in [6, 6.07) is 0. The van der Waals surface area contributed by atoms with Gasteiger partial charge in [-0.1, -0.05) is 0 Å². The molecule has 0 saturated heterocycles. The molecule has 0 aliphatic carbocycles. The molecule has 136 valence electrons. The van der Waals surface area contributed by atoms with Crippen LogP contribution >= 0.6 is 8.38 Å². The van der Waals surface area contributed by atoms with Crippen molar-refractivity contribution >= 4 is 31.9 Å². The Morgan fingerprint density at radius 3 is 2.88 bits per heavy atom. The molecule has 0 bridgehead atoms. The minimum Gasteiger partial charge on any atom is -0.435 e. The van der Waals surface area contributed by atoms with Gasteiger partial charge in [-0.15, -0.1) is 0 Å². The van der Waals surface area contributed by atoms with Gasteiger partial charge in [0.2, 0.25) is 6.79 Å². The maximum atomic E-state index is 10.9. The van der Waals surface area contributed by atoms with Crippen LogP contribution in [0.15, 0.2) is 6.33 Å². The summed E-state index contributed by atoms with van der Waals surface area (Å²) in [5.74, 6) is 0.596. The summed E-state index contributed by atoms with van der Waals surface area (Å²) in [5, 5.41) is 2.97. The second-order valence-corrected chi connectivity index (χ2v) is 5.66. The van der Waals surface area contributed by atoms with Crippen molar-refractivity contribution in [2.24, 2.45) is 0 Å². The van der Waals surface area contributed by atoms with Gasteiger partial charge in [-0.3, -0.25) is 4.52 Å². The van der Waals surface area contributed by atoms with Crippen molar-refractivity contribution in [3.05, 3.63) is 6.33 Å². The van der Waals surface area contributed by atoms with Crippen molar-refractivity contribution in [1.29, 1.82) is 0 Å². The molecule has 6 N–H and O–H groups in total. The van der Waals surface area contributed by atoms with Crippen LogP contribution in [-0.2, 0) is 18.7 Å². The second-order valence-electron chi connectivity index (χ2n) is 4.43. The molecule has 0 radical (unpaired) electrons. The highest BCUT2D eigenvalue weighted by molar-refractivity contribution is 7.45. The molecule has 11 nitrogen and oxygen atoms in total. The van der Waals surface area contributed by atoms with Crippen molar-refractivity contribution in [2.75, 3.05) is 43.1 Å². The first kappa shape index (κ1) is 20.1. The first-order chi connectivity index (χ1) is 11.4. The summed E-state index contributed by atoms with van der Waals surface area (Å²) >= 11 is 0. The highest BCUT2D eigenvalue weighted by Gasteiger charge is 2.12. The van der Waals surface area contributed by atoms with E-state index in [0.717, 1.165) is 0 Å². The number of nitrogens with two attached hydrogens (primary N) is 2. The number of aromatic nitrogens is 2. The van der Waals surface area contributed by atoms with E-state index in [0.29, 0.717) is 12.4 Å². The third-order valence-corrected chi connectivity index (χ3v) is 3.36. The monoisotopic (exact) mass is 363 g/mol. The van der Waals surface area contributed by atoms with Crippen molar-refractivity contribution in [2.45, 2.75) is 20.0 Å². The Morgan fingerprint density at radius 1 is 1.42 bits per heavy atom. The molecule has 0 aliphatic heterocycles. The molecular weight excluding hydrogens is 341 g/mol. The fourth-order valence-corrected chi connectivity index (χ4v) is 2.00. The fraction of sp³-hybridized carbons (Fsp3) is 0.583. The van der Waals surface area contributed by atoms with Crippen LogP contribution in [0.25, 0.3) is 0 Å². The smallest absolute Gasteiger partial charge is 0.435 e. The van der Waals surface area contributed by atoms with Crippen molar-refractivity contribution < 1.29 is 28.4 Å². The molecule has 1 aromatic heterocycles. The quantitative estimate of drug-likeness (QED) is 0.265. The number of carbonyl (C=O) groups excluding carboxylic acids is 1. The van der Waals surface area contributed by atoms with Gasteiger partial charge in [0.25, 0.3) is 0 Å². The Kier molecular flexibility index (Phi) is 9.02. The molecule has 24 heavy (non-hydrogen) atoms. The standard InChI is InChI=1S/C12H22N5O6P/c1-3-20-12(18)21-6-23-24(19)7-22-8(2)4-15-11-9(13)10(14)16-5-17-11/h5,8,19H,3-4,6-7,13H2,1-2H3,(H3,14,15,16,17). The Balaban J connectivity index is 2.20. The summed E-state index contributed by atoms with van der Waals surface area (Å²) in [5.41, 5.74) is 11.6. The molecule has 1 aromatic rings. The molecule has 2 atom stereocenters. The van der Waals surface area contributed by atoms with Crippen molar-refractivity contribution in [3.63, 3.8) is 0 Å².